The highest BCUT2D eigenvalue weighted by molar-refractivity contribution is 6.63. The summed E-state index contributed by atoms with van der Waals surface area (Å²) < 4.78 is 19.5. The normalized spacial score (nSPS) is 12.1. The molecule has 0 aliphatic carbocycles. The molecule has 0 spiro atoms. The van der Waals surface area contributed by atoms with Crippen LogP contribution in [-0.2, 0) is 20.5 Å². The monoisotopic (exact) mass is 469 g/mol. The minimum absolute atomic E-state index is 0.0463. The molecule has 0 aliphatic rings. The number of aryl methyl sites for hydroxylation is 3. The molecule has 3 radical (unpaired) electrons. The van der Waals surface area contributed by atoms with Crippen LogP contribution in [0.3, 0.4) is 0 Å². The van der Waals surface area contributed by atoms with Crippen LogP contribution in [0.2, 0.25) is 0 Å². The van der Waals surface area contributed by atoms with Gasteiger partial charge in [0.2, 0.25) is 7.28 Å². The maximum absolute atomic E-state index is 15.2. The Morgan fingerprint density at radius 2 is 1.91 bits per heavy atom. The number of aliphatic hydroxyl groups is 2. The molecule has 2 N–H and O–H groups in total. The SMILES string of the molecule is [B]C(O)(O)[B]c1cnc(-n2c(=O)n(C)c3cnc4cc(CC)c(-c5cnn(C)c5)cc4c32)c(F)c1. The van der Waals surface area contributed by atoms with Gasteiger partial charge in [-0.25, -0.2) is 18.7 Å². The van der Waals surface area contributed by atoms with E-state index in [9.17, 15) is 15.0 Å². The standard InChI is InChI=1S/C23H20B2FN6O3/c1-4-12-5-18-16(7-15(12)13-8-29-30(2)11-13)20-19(10-27-18)31(3)22(33)32(20)21-17(26)6-14(9-28-21)25-23(24,34)35/h5-11,34-35H,4H2,1-3H3. The van der Waals surface area contributed by atoms with E-state index in [1.165, 1.54) is 15.3 Å². The second-order valence-corrected chi connectivity index (χ2v) is 8.45. The Morgan fingerprint density at radius 1 is 1.14 bits per heavy atom. The third-order valence-electron chi connectivity index (χ3n) is 5.94. The van der Waals surface area contributed by atoms with Gasteiger partial charge in [-0.05, 0) is 35.7 Å². The fourth-order valence-corrected chi connectivity index (χ4v) is 4.34. The van der Waals surface area contributed by atoms with Gasteiger partial charge >= 0.3 is 5.69 Å². The van der Waals surface area contributed by atoms with Crippen LogP contribution in [-0.4, -0.2) is 59.8 Å². The molecule has 5 rings (SSSR count). The molecular weight excluding hydrogens is 449 g/mol. The molecule has 5 aromatic rings. The van der Waals surface area contributed by atoms with Gasteiger partial charge in [0.25, 0.3) is 0 Å². The van der Waals surface area contributed by atoms with Crippen molar-refractivity contribution < 1.29 is 14.6 Å². The Kier molecular flexibility index (Phi) is 5.37. The fraction of sp³-hybridized carbons (Fsp3) is 0.217. The summed E-state index contributed by atoms with van der Waals surface area (Å²) >= 11 is 0. The van der Waals surface area contributed by atoms with Crippen molar-refractivity contribution in [3.63, 3.8) is 0 Å². The number of rotatable bonds is 5. The van der Waals surface area contributed by atoms with E-state index < -0.39 is 17.1 Å². The lowest BCUT2D eigenvalue weighted by molar-refractivity contribution is -0.0123. The quantitative estimate of drug-likeness (QED) is 0.286. The molecule has 0 atom stereocenters. The zero-order chi connectivity index (χ0) is 25.1. The first-order valence-electron chi connectivity index (χ1n) is 10.8. The van der Waals surface area contributed by atoms with E-state index >= 15 is 4.39 Å². The third kappa shape index (κ3) is 3.94. The Balaban J connectivity index is 1.81. The smallest absolute Gasteiger partial charge is 0.334 e. The minimum atomic E-state index is -2.63. The van der Waals surface area contributed by atoms with E-state index in [4.69, 9.17) is 7.85 Å². The zero-order valence-electron chi connectivity index (χ0n) is 19.3. The van der Waals surface area contributed by atoms with Crippen LogP contribution in [0.15, 0.2) is 47.8 Å². The number of aromatic nitrogens is 6. The van der Waals surface area contributed by atoms with Gasteiger partial charge in [0.15, 0.2) is 11.6 Å². The Bertz CT molecular complexity index is 1670. The molecule has 0 saturated carbocycles. The second-order valence-electron chi connectivity index (χ2n) is 8.45. The molecule has 0 bridgehead atoms. The minimum Gasteiger partial charge on any atom is -0.383 e. The number of hydrogen-bond acceptors (Lipinski definition) is 6. The molecule has 0 fully saturated rings. The number of imidazole rings is 1. The molecule has 35 heavy (non-hydrogen) atoms. The first kappa shape index (κ1) is 23.0. The molecule has 0 saturated heterocycles. The van der Waals surface area contributed by atoms with Crippen LogP contribution in [0.4, 0.5) is 4.39 Å². The van der Waals surface area contributed by atoms with E-state index in [0.717, 1.165) is 36.5 Å². The summed E-state index contributed by atoms with van der Waals surface area (Å²) in [6.45, 7) is 2.05. The summed E-state index contributed by atoms with van der Waals surface area (Å²) in [4.78, 5) is 21.9. The van der Waals surface area contributed by atoms with Crippen LogP contribution in [0.1, 0.15) is 12.5 Å². The van der Waals surface area contributed by atoms with Gasteiger partial charge in [0.1, 0.15) is 7.85 Å². The molecule has 9 nitrogen and oxygen atoms in total. The maximum Gasteiger partial charge on any atom is 0.334 e. The van der Waals surface area contributed by atoms with Crippen molar-refractivity contribution in [2.75, 3.05) is 0 Å². The third-order valence-corrected chi connectivity index (χ3v) is 5.94. The number of hydrogen-bond donors (Lipinski definition) is 2. The average Bonchev–Trinajstić information content (AvgIpc) is 3.33. The summed E-state index contributed by atoms with van der Waals surface area (Å²) in [6, 6.07) is 4.93. The predicted molar refractivity (Wildman–Crippen MR) is 131 cm³/mol. The maximum atomic E-state index is 15.2. The molecular formula is C23H20B2FN6O3. The number of nitrogens with zero attached hydrogens (tertiary/aromatic N) is 6. The lowest BCUT2D eigenvalue weighted by Crippen LogP contribution is -2.43. The Morgan fingerprint density at radius 3 is 2.54 bits per heavy atom. The largest absolute Gasteiger partial charge is 0.383 e. The average molecular weight is 469 g/mol. The fourth-order valence-electron chi connectivity index (χ4n) is 4.34. The number of fused-ring (bicyclic) bond motifs is 3. The number of pyridine rings is 2. The van der Waals surface area contributed by atoms with Crippen molar-refractivity contribution in [1.29, 1.82) is 0 Å². The number of halogens is 1. The lowest BCUT2D eigenvalue weighted by Gasteiger charge is -2.15. The molecule has 173 valence electrons. The van der Waals surface area contributed by atoms with Crippen molar-refractivity contribution in [3.8, 4) is 16.9 Å². The van der Waals surface area contributed by atoms with Crippen LogP contribution in [0.5, 0.6) is 0 Å². The molecule has 0 amide bonds. The van der Waals surface area contributed by atoms with Gasteiger partial charge in [-0.3, -0.25) is 14.2 Å². The van der Waals surface area contributed by atoms with Crippen molar-refractivity contribution in [2.24, 2.45) is 14.1 Å². The van der Waals surface area contributed by atoms with E-state index in [1.807, 2.05) is 32.3 Å². The summed E-state index contributed by atoms with van der Waals surface area (Å²) in [5.41, 5.74) is 1.44. The second kappa shape index (κ2) is 8.17. The van der Waals surface area contributed by atoms with E-state index in [0.29, 0.717) is 21.9 Å². The lowest BCUT2D eigenvalue weighted by atomic mass is 9.54. The Hall–Kier alpha value is -3.76. The van der Waals surface area contributed by atoms with Crippen molar-refractivity contribution >= 4 is 42.5 Å². The highest BCUT2D eigenvalue weighted by atomic mass is 19.1. The first-order valence-corrected chi connectivity index (χ1v) is 10.8. The topological polar surface area (TPSA) is 111 Å². The first-order chi connectivity index (χ1) is 16.6. The van der Waals surface area contributed by atoms with Crippen LogP contribution in [0.25, 0.3) is 38.9 Å². The van der Waals surface area contributed by atoms with Gasteiger partial charge in [-0.15, -0.1) is 0 Å². The predicted octanol–water partition coefficient (Wildman–Crippen LogP) is 0.468. The molecule has 0 unspecified atom stereocenters. The van der Waals surface area contributed by atoms with E-state index in [-0.39, 0.29) is 11.3 Å². The van der Waals surface area contributed by atoms with Gasteiger partial charge in [0, 0.05) is 37.4 Å². The van der Waals surface area contributed by atoms with Crippen LogP contribution in [0, 0.1) is 5.82 Å². The molecule has 4 heterocycles. The summed E-state index contributed by atoms with van der Waals surface area (Å²) in [5.74, 6) is -1.06. The van der Waals surface area contributed by atoms with Crippen molar-refractivity contribution in [3.05, 3.63) is 64.9 Å². The van der Waals surface area contributed by atoms with Gasteiger partial charge in [-0.1, -0.05) is 12.4 Å². The number of benzene rings is 1. The zero-order valence-corrected chi connectivity index (χ0v) is 19.3. The van der Waals surface area contributed by atoms with Gasteiger partial charge in [0.05, 0.1) is 34.5 Å². The van der Waals surface area contributed by atoms with Gasteiger partial charge in [-0.2, -0.15) is 5.10 Å². The molecule has 1 aromatic carbocycles. The van der Waals surface area contributed by atoms with E-state index in [2.05, 4.69) is 15.1 Å². The van der Waals surface area contributed by atoms with Crippen LogP contribution >= 0.6 is 0 Å². The summed E-state index contributed by atoms with van der Waals surface area (Å²) in [6.07, 6.45) is 7.22. The molecule has 0 aliphatic heterocycles. The van der Waals surface area contributed by atoms with Crippen molar-refractivity contribution in [2.45, 2.75) is 18.9 Å². The summed E-state index contributed by atoms with van der Waals surface area (Å²) in [5, 5.41) is 23.7. The highest BCUT2D eigenvalue weighted by Crippen LogP contribution is 2.32. The molecule has 12 heteroatoms. The summed E-state index contributed by atoms with van der Waals surface area (Å²) in [7, 11) is 9.41. The highest BCUT2D eigenvalue weighted by Gasteiger charge is 2.23. The van der Waals surface area contributed by atoms with Crippen LogP contribution < -0.4 is 11.2 Å². The Labute approximate surface area is 201 Å². The van der Waals surface area contributed by atoms with Crippen molar-refractivity contribution in [1.82, 2.24) is 28.9 Å². The van der Waals surface area contributed by atoms with Gasteiger partial charge < -0.3 is 10.2 Å². The van der Waals surface area contributed by atoms with E-state index in [1.54, 1.807) is 24.1 Å². The molecule has 4 aromatic heterocycles.